The van der Waals surface area contributed by atoms with Crippen LogP contribution in [0, 0.1) is 0 Å². The highest BCUT2D eigenvalue weighted by molar-refractivity contribution is 7.87. The Morgan fingerprint density at radius 3 is 2.65 bits per heavy atom. The van der Waals surface area contributed by atoms with Crippen LogP contribution in [0.15, 0.2) is 24.7 Å². The molecule has 0 aliphatic rings. The average Bonchev–Trinajstić information content (AvgIpc) is 2.79. The predicted molar refractivity (Wildman–Crippen MR) is 73.7 cm³/mol. The molecule has 0 radical (unpaired) electrons. The minimum absolute atomic E-state index is 0.157. The first-order chi connectivity index (χ1) is 9.40. The zero-order chi connectivity index (χ0) is 14.8. The summed E-state index contributed by atoms with van der Waals surface area (Å²) in [6.45, 7) is 0.157. The molecule has 0 fully saturated rings. The second-order valence-corrected chi connectivity index (χ2v) is 6.31. The van der Waals surface area contributed by atoms with E-state index in [-0.39, 0.29) is 6.54 Å². The quantitative estimate of drug-likeness (QED) is 0.823. The molecule has 0 aliphatic carbocycles. The fourth-order valence-electron chi connectivity index (χ4n) is 1.52. The van der Waals surface area contributed by atoms with E-state index in [1.54, 1.807) is 36.4 Å². The highest BCUT2D eigenvalue weighted by Crippen LogP contribution is 2.15. The number of nitrogens with one attached hydrogen (secondary N) is 1. The molecule has 0 atom stereocenters. The summed E-state index contributed by atoms with van der Waals surface area (Å²) in [4.78, 5) is 8.13. The Labute approximate surface area is 117 Å². The molecule has 2 aromatic heterocycles. The van der Waals surface area contributed by atoms with Crippen molar-refractivity contribution in [3.63, 3.8) is 0 Å². The Kier molecular flexibility index (Phi) is 4.12. The van der Waals surface area contributed by atoms with Gasteiger partial charge >= 0.3 is 0 Å². The summed E-state index contributed by atoms with van der Waals surface area (Å²) in [5.74, 6) is 0. The van der Waals surface area contributed by atoms with Gasteiger partial charge < -0.3 is 0 Å². The van der Waals surface area contributed by atoms with Gasteiger partial charge in [0.05, 0.1) is 18.4 Å². The molecule has 8 nitrogen and oxygen atoms in total. The normalized spacial score (nSPS) is 12.0. The summed E-state index contributed by atoms with van der Waals surface area (Å²) in [7, 11) is 1.23. The lowest BCUT2D eigenvalue weighted by atomic mass is 10.3. The number of rotatable bonds is 5. The molecule has 108 valence electrons. The molecule has 20 heavy (non-hydrogen) atoms. The van der Waals surface area contributed by atoms with Crippen molar-refractivity contribution in [2.24, 2.45) is 7.05 Å². The van der Waals surface area contributed by atoms with Gasteiger partial charge in [-0.15, -0.1) is 0 Å². The minimum Gasteiger partial charge on any atom is -0.271 e. The number of aromatic nitrogens is 4. The molecule has 0 bridgehead atoms. The Morgan fingerprint density at radius 1 is 1.30 bits per heavy atom. The molecular formula is C11H16N6O2S. The van der Waals surface area contributed by atoms with Crippen LogP contribution in [0.2, 0.25) is 0 Å². The molecule has 9 heteroatoms. The lowest BCUT2D eigenvalue weighted by molar-refractivity contribution is 0.503. The molecule has 0 saturated heterocycles. The van der Waals surface area contributed by atoms with Crippen LogP contribution in [0.3, 0.4) is 0 Å². The Balaban J connectivity index is 2.17. The number of hydrogen-bond acceptors (Lipinski definition) is 5. The van der Waals surface area contributed by atoms with Gasteiger partial charge in [0.25, 0.3) is 10.2 Å². The van der Waals surface area contributed by atoms with E-state index in [0.717, 1.165) is 10.00 Å². The van der Waals surface area contributed by atoms with Gasteiger partial charge in [0.15, 0.2) is 0 Å². The van der Waals surface area contributed by atoms with Crippen LogP contribution in [-0.4, -0.2) is 46.6 Å². The van der Waals surface area contributed by atoms with Gasteiger partial charge in [-0.05, 0) is 6.07 Å². The second kappa shape index (κ2) is 5.65. The summed E-state index contributed by atoms with van der Waals surface area (Å²) in [6, 6.07) is 1.78. The molecule has 0 amide bonds. The van der Waals surface area contributed by atoms with Gasteiger partial charge in [0, 0.05) is 33.5 Å². The molecule has 0 unspecified atom stereocenters. The highest BCUT2D eigenvalue weighted by atomic mass is 32.2. The smallest absolute Gasteiger partial charge is 0.271 e. The van der Waals surface area contributed by atoms with E-state index in [1.165, 1.54) is 14.1 Å². The lowest BCUT2D eigenvalue weighted by Crippen LogP contribution is -2.35. The van der Waals surface area contributed by atoms with E-state index in [0.29, 0.717) is 11.4 Å². The first-order valence-electron chi connectivity index (χ1n) is 5.86. The molecule has 2 rings (SSSR count). The molecule has 0 spiro atoms. The molecule has 1 N–H and O–H groups in total. The molecule has 0 aromatic carbocycles. The van der Waals surface area contributed by atoms with Crippen molar-refractivity contribution in [1.82, 2.24) is 28.8 Å². The molecular weight excluding hydrogens is 280 g/mol. The fraction of sp³-hybridized carbons (Fsp3) is 0.364. The Bertz CT molecular complexity index is 680. The SMILES string of the molecule is CN(C)S(=O)(=O)NCc1cc(-c2cnccn2)nn1C. The third-order valence-corrected chi connectivity index (χ3v) is 4.19. The Morgan fingerprint density at radius 2 is 2.05 bits per heavy atom. The Hall–Kier alpha value is -1.84. The maximum atomic E-state index is 11.7. The average molecular weight is 296 g/mol. The number of nitrogens with zero attached hydrogens (tertiary/aromatic N) is 5. The maximum absolute atomic E-state index is 11.7. The first kappa shape index (κ1) is 14.6. The van der Waals surface area contributed by atoms with Crippen molar-refractivity contribution in [2.45, 2.75) is 6.54 Å². The predicted octanol–water partition coefficient (Wildman–Crippen LogP) is -0.227. The van der Waals surface area contributed by atoms with E-state index in [9.17, 15) is 8.42 Å². The van der Waals surface area contributed by atoms with Gasteiger partial charge in [-0.1, -0.05) is 0 Å². The molecule has 0 saturated carbocycles. The topological polar surface area (TPSA) is 93.0 Å². The van der Waals surface area contributed by atoms with Crippen LogP contribution in [0.1, 0.15) is 5.69 Å². The lowest BCUT2D eigenvalue weighted by Gasteiger charge is -2.11. The van der Waals surface area contributed by atoms with E-state index in [4.69, 9.17) is 0 Å². The minimum atomic E-state index is -3.45. The van der Waals surface area contributed by atoms with Gasteiger partial charge in [-0.3, -0.25) is 14.6 Å². The summed E-state index contributed by atoms with van der Waals surface area (Å²) in [6.07, 6.45) is 4.77. The van der Waals surface area contributed by atoms with Gasteiger partial charge in [0.2, 0.25) is 0 Å². The third kappa shape index (κ3) is 3.18. The van der Waals surface area contributed by atoms with Crippen molar-refractivity contribution in [3.05, 3.63) is 30.4 Å². The van der Waals surface area contributed by atoms with Crippen molar-refractivity contribution in [2.75, 3.05) is 14.1 Å². The summed E-state index contributed by atoms with van der Waals surface area (Å²) in [5.41, 5.74) is 2.03. The number of aryl methyl sites for hydroxylation is 1. The monoisotopic (exact) mass is 296 g/mol. The summed E-state index contributed by atoms with van der Waals surface area (Å²) < 4.78 is 28.5. The van der Waals surface area contributed by atoms with Crippen LogP contribution < -0.4 is 4.72 Å². The van der Waals surface area contributed by atoms with E-state index in [1.807, 2.05) is 0 Å². The number of hydrogen-bond donors (Lipinski definition) is 1. The first-order valence-corrected chi connectivity index (χ1v) is 7.30. The molecule has 2 aromatic rings. The van der Waals surface area contributed by atoms with E-state index < -0.39 is 10.2 Å². The van der Waals surface area contributed by atoms with Crippen molar-refractivity contribution in [3.8, 4) is 11.4 Å². The summed E-state index contributed by atoms with van der Waals surface area (Å²) >= 11 is 0. The third-order valence-electron chi connectivity index (χ3n) is 2.72. The zero-order valence-corrected chi connectivity index (χ0v) is 12.3. The highest BCUT2D eigenvalue weighted by Gasteiger charge is 2.15. The largest absolute Gasteiger partial charge is 0.279 e. The van der Waals surface area contributed by atoms with Crippen LogP contribution in [0.5, 0.6) is 0 Å². The van der Waals surface area contributed by atoms with Crippen LogP contribution in [0.4, 0.5) is 0 Å². The zero-order valence-electron chi connectivity index (χ0n) is 11.5. The van der Waals surface area contributed by atoms with Gasteiger partial charge in [0.1, 0.15) is 11.4 Å². The fourth-order valence-corrected chi connectivity index (χ4v) is 2.11. The van der Waals surface area contributed by atoms with E-state index >= 15 is 0 Å². The summed E-state index contributed by atoms with van der Waals surface area (Å²) in [5, 5.41) is 4.29. The molecule has 0 aliphatic heterocycles. The van der Waals surface area contributed by atoms with Crippen molar-refractivity contribution < 1.29 is 8.42 Å². The molecule has 2 heterocycles. The van der Waals surface area contributed by atoms with Gasteiger partial charge in [-0.25, -0.2) is 0 Å². The van der Waals surface area contributed by atoms with Crippen LogP contribution >= 0.6 is 0 Å². The van der Waals surface area contributed by atoms with Crippen molar-refractivity contribution >= 4 is 10.2 Å². The standard InChI is InChI=1S/C11H16N6O2S/c1-16(2)20(18,19)14-7-9-6-10(15-17(9)3)11-8-12-4-5-13-11/h4-6,8,14H,7H2,1-3H3. The van der Waals surface area contributed by atoms with Crippen molar-refractivity contribution in [1.29, 1.82) is 0 Å². The van der Waals surface area contributed by atoms with Crippen LogP contribution in [0.25, 0.3) is 11.4 Å². The second-order valence-electron chi connectivity index (χ2n) is 4.34. The maximum Gasteiger partial charge on any atom is 0.279 e. The van der Waals surface area contributed by atoms with E-state index in [2.05, 4.69) is 19.8 Å². The van der Waals surface area contributed by atoms with Crippen LogP contribution in [-0.2, 0) is 23.8 Å². The van der Waals surface area contributed by atoms with Gasteiger partial charge in [-0.2, -0.15) is 22.5 Å².